The Labute approximate surface area is 132 Å². The number of likely N-dealkylation sites (N-methyl/N-ethyl adjacent to an activating group) is 1. The average Bonchev–Trinajstić information content (AvgIpc) is 3.24. The Hall–Kier alpha value is -1.75. The first kappa shape index (κ1) is 15.2. The van der Waals surface area contributed by atoms with Crippen LogP contribution < -0.4 is 10.2 Å². The van der Waals surface area contributed by atoms with Crippen LogP contribution >= 0.6 is 0 Å². The third-order valence-electron chi connectivity index (χ3n) is 4.75. The number of carbonyl (C=O) groups is 1. The van der Waals surface area contributed by atoms with Gasteiger partial charge in [-0.15, -0.1) is 0 Å². The van der Waals surface area contributed by atoms with Gasteiger partial charge in [0.2, 0.25) is 0 Å². The molecule has 5 nitrogen and oxygen atoms in total. The zero-order chi connectivity index (χ0) is 15.7. The molecule has 0 spiro atoms. The van der Waals surface area contributed by atoms with Gasteiger partial charge in [0, 0.05) is 46.3 Å². The summed E-state index contributed by atoms with van der Waals surface area (Å²) >= 11 is 0. The third kappa shape index (κ3) is 3.19. The van der Waals surface area contributed by atoms with Crippen molar-refractivity contribution in [2.75, 3.05) is 44.4 Å². The highest BCUT2D eigenvalue weighted by Gasteiger charge is 2.36. The van der Waals surface area contributed by atoms with Crippen LogP contribution in [-0.2, 0) is 0 Å². The van der Waals surface area contributed by atoms with Gasteiger partial charge in [0.15, 0.2) is 0 Å². The van der Waals surface area contributed by atoms with Gasteiger partial charge >= 0.3 is 6.03 Å². The van der Waals surface area contributed by atoms with Crippen molar-refractivity contribution in [3.8, 4) is 0 Å². The van der Waals surface area contributed by atoms with Gasteiger partial charge in [-0.05, 0) is 31.4 Å². The number of nitrogens with one attached hydrogen (secondary N) is 1. The second kappa shape index (κ2) is 6.16. The van der Waals surface area contributed by atoms with Crippen LogP contribution in [0.25, 0.3) is 0 Å². The van der Waals surface area contributed by atoms with Crippen LogP contribution in [0.1, 0.15) is 19.3 Å². The molecule has 1 saturated carbocycles. The van der Waals surface area contributed by atoms with Crippen molar-refractivity contribution in [2.24, 2.45) is 0 Å². The van der Waals surface area contributed by atoms with E-state index in [0.717, 1.165) is 36.9 Å². The predicted octanol–water partition coefficient (Wildman–Crippen LogP) is 2.45. The normalized spacial score (nSPS) is 21.7. The van der Waals surface area contributed by atoms with E-state index in [1.807, 2.05) is 55.2 Å². The molecule has 1 aromatic carbocycles. The van der Waals surface area contributed by atoms with Crippen molar-refractivity contribution >= 4 is 17.4 Å². The molecule has 1 aliphatic carbocycles. The Morgan fingerprint density at radius 1 is 1.18 bits per heavy atom. The maximum Gasteiger partial charge on any atom is 0.321 e. The summed E-state index contributed by atoms with van der Waals surface area (Å²) in [6.07, 6.45) is 3.74. The second-order valence-electron chi connectivity index (χ2n) is 6.62. The number of urea groups is 1. The fourth-order valence-corrected chi connectivity index (χ4v) is 3.19. The molecule has 2 amide bonds. The molecular formula is C17H26N4O. The molecule has 1 heterocycles. The van der Waals surface area contributed by atoms with E-state index >= 15 is 0 Å². The van der Waals surface area contributed by atoms with Crippen LogP contribution in [0.2, 0.25) is 0 Å². The molecule has 2 fully saturated rings. The summed E-state index contributed by atoms with van der Waals surface area (Å²) in [5.74, 6) is 0. The monoisotopic (exact) mass is 302 g/mol. The molecule has 1 unspecified atom stereocenters. The van der Waals surface area contributed by atoms with E-state index in [2.05, 4.69) is 10.2 Å². The fourth-order valence-electron chi connectivity index (χ4n) is 3.19. The molecule has 120 valence electrons. The first-order valence-corrected chi connectivity index (χ1v) is 8.10. The molecule has 5 heteroatoms. The van der Waals surface area contributed by atoms with Gasteiger partial charge in [-0.3, -0.25) is 4.90 Å². The van der Waals surface area contributed by atoms with Gasteiger partial charge in [-0.25, -0.2) is 4.79 Å². The topological polar surface area (TPSA) is 38.8 Å². The van der Waals surface area contributed by atoms with Gasteiger partial charge in [0.25, 0.3) is 0 Å². The number of hydrogen-bond donors (Lipinski definition) is 1. The molecule has 0 radical (unpaired) electrons. The average molecular weight is 302 g/mol. The summed E-state index contributed by atoms with van der Waals surface area (Å²) in [6.45, 7) is 2.14. The van der Waals surface area contributed by atoms with E-state index in [1.54, 1.807) is 0 Å². The number of carbonyl (C=O) groups excluding carboxylic acids is 1. The van der Waals surface area contributed by atoms with Crippen molar-refractivity contribution in [3.05, 3.63) is 24.3 Å². The molecule has 1 N–H and O–H groups in total. The fraction of sp³-hybridized carbons (Fsp3) is 0.588. The van der Waals surface area contributed by atoms with Gasteiger partial charge in [0.05, 0.1) is 11.4 Å². The van der Waals surface area contributed by atoms with E-state index < -0.39 is 0 Å². The minimum Gasteiger partial charge on any atom is -0.376 e. The van der Waals surface area contributed by atoms with Crippen LogP contribution in [0.3, 0.4) is 0 Å². The molecule has 1 aromatic rings. The van der Waals surface area contributed by atoms with E-state index in [-0.39, 0.29) is 6.03 Å². The van der Waals surface area contributed by atoms with E-state index in [1.165, 1.54) is 12.8 Å². The second-order valence-corrected chi connectivity index (χ2v) is 6.62. The highest BCUT2D eigenvalue weighted by molar-refractivity contribution is 5.93. The molecule has 3 rings (SSSR count). The minimum absolute atomic E-state index is 0.0167. The number of para-hydroxylation sites is 2. The Morgan fingerprint density at radius 3 is 2.59 bits per heavy atom. The van der Waals surface area contributed by atoms with Crippen LogP contribution in [0, 0.1) is 0 Å². The molecule has 1 saturated heterocycles. The maximum atomic E-state index is 12.5. The number of nitrogens with zero attached hydrogens (tertiary/aromatic N) is 3. The van der Waals surface area contributed by atoms with E-state index in [9.17, 15) is 4.79 Å². The number of benzene rings is 1. The molecular weight excluding hydrogens is 276 g/mol. The Kier molecular flexibility index (Phi) is 4.25. The molecule has 1 atom stereocenters. The smallest absolute Gasteiger partial charge is 0.321 e. The lowest BCUT2D eigenvalue weighted by Crippen LogP contribution is -2.41. The van der Waals surface area contributed by atoms with Crippen LogP contribution in [0.15, 0.2) is 24.3 Å². The summed E-state index contributed by atoms with van der Waals surface area (Å²) in [4.78, 5) is 19.0. The Balaban J connectivity index is 1.62. The van der Waals surface area contributed by atoms with Gasteiger partial charge < -0.3 is 15.1 Å². The number of likely N-dealkylation sites (tertiary alicyclic amines) is 1. The van der Waals surface area contributed by atoms with Gasteiger partial charge in [-0.1, -0.05) is 12.1 Å². The standard InChI is InChI=1S/C17H26N4O/c1-19(2)16-7-5-4-6-15(16)18-17(22)20(3)14-10-11-21(12-14)13-8-9-13/h4-7,13-14H,8-12H2,1-3H3,(H,18,22). The lowest BCUT2D eigenvalue weighted by atomic mass is 10.2. The van der Waals surface area contributed by atoms with E-state index in [0.29, 0.717) is 6.04 Å². The molecule has 2 aliphatic rings. The maximum absolute atomic E-state index is 12.5. The summed E-state index contributed by atoms with van der Waals surface area (Å²) in [5.41, 5.74) is 1.89. The number of rotatable bonds is 4. The van der Waals surface area contributed by atoms with Crippen molar-refractivity contribution < 1.29 is 4.79 Å². The highest BCUT2D eigenvalue weighted by Crippen LogP contribution is 2.31. The number of anilines is 2. The Bertz CT molecular complexity index is 541. The van der Waals surface area contributed by atoms with Gasteiger partial charge in [-0.2, -0.15) is 0 Å². The first-order chi connectivity index (χ1) is 10.6. The summed E-state index contributed by atoms with van der Waals surface area (Å²) in [6, 6.07) is 9.00. The molecule has 1 aliphatic heterocycles. The third-order valence-corrected chi connectivity index (χ3v) is 4.75. The molecule has 0 bridgehead atoms. The van der Waals surface area contributed by atoms with Crippen LogP contribution in [0.4, 0.5) is 16.2 Å². The molecule has 22 heavy (non-hydrogen) atoms. The predicted molar refractivity (Wildman–Crippen MR) is 90.6 cm³/mol. The quantitative estimate of drug-likeness (QED) is 0.928. The number of amides is 2. The Morgan fingerprint density at radius 2 is 1.91 bits per heavy atom. The number of hydrogen-bond acceptors (Lipinski definition) is 3. The van der Waals surface area contributed by atoms with Crippen molar-refractivity contribution in [1.82, 2.24) is 9.80 Å². The SMILES string of the molecule is CN(C)c1ccccc1NC(=O)N(C)C1CCN(C2CC2)C1. The van der Waals surface area contributed by atoms with Gasteiger partial charge in [0.1, 0.15) is 0 Å². The summed E-state index contributed by atoms with van der Waals surface area (Å²) in [5, 5.41) is 3.06. The van der Waals surface area contributed by atoms with Crippen LogP contribution in [-0.4, -0.2) is 62.1 Å². The lowest BCUT2D eigenvalue weighted by molar-refractivity contribution is 0.201. The summed E-state index contributed by atoms with van der Waals surface area (Å²) < 4.78 is 0. The highest BCUT2D eigenvalue weighted by atomic mass is 16.2. The van der Waals surface area contributed by atoms with Crippen molar-refractivity contribution in [3.63, 3.8) is 0 Å². The lowest BCUT2D eigenvalue weighted by Gasteiger charge is -2.26. The molecule has 0 aromatic heterocycles. The largest absolute Gasteiger partial charge is 0.376 e. The van der Waals surface area contributed by atoms with Crippen molar-refractivity contribution in [2.45, 2.75) is 31.3 Å². The zero-order valence-corrected chi connectivity index (χ0v) is 13.7. The summed E-state index contributed by atoms with van der Waals surface area (Å²) in [7, 11) is 5.88. The van der Waals surface area contributed by atoms with E-state index in [4.69, 9.17) is 0 Å². The zero-order valence-electron chi connectivity index (χ0n) is 13.7. The minimum atomic E-state index is -0.0167. The first-order valence-electron chi connectivity index (χ1n) is 8.10. The van der Waals surface area contributed by atoms with Crippen molar-refractivity contribution in [1.29, 1.82) is 0 Å². The van der Waals surface area contributed by atoms with Crippen LogP contribution in [0.5, 0.6) is 0 Å².